The maximum Gasteiger partial charge on any atom is 0.0462 e. The predicted octanol–water partition coefficient (Wildman–Crippen LogP) is 3.51. The molecule has 3 aliphatic rings. The van der Waals surface area contributed by atoms with Gasteiger partial charge < -0.3 is 0 Å². The van der Waals surface area contributed by atoms with E-state index in [1.165, 1.54) is 56.9 Å². The summed E-state index contributed by atoms with van der Waals surface area (Å²) in [6, 6.07) is 7.41. The molecule has 3 aliphatic carbocycles. The summed E-state index contributed by atoms with van der Waals surface area (Å²) >= 11 is 0. The summed E-state index contributed by atoms with van der Waals surface area (Å²) in [5.74, 6) is 8.80. The summed E-state index contributed by atoms with van der Waals surface area (Å²) in [5.41, 5.74) is 7.63. The molecule has 4 unspecified atom stereocenters. The topological polar surface area (TPSA) is 38.0 Å². The van der Waals surface area contributed by atoms with Crippen LogP contribution in [-0.2, 0) is 12.8 Å². The molecule has 2 saturated carbocycles. The van der Waals surface area contributed by atoms with Crippen LogP contribution in [0.4, 0.5) is 0 Å². The first-order valence-corrected chi connectivity index (χ1v) is 8.41. The highest BCUT2D eigenvalue weighted by Gasteiger charge is 2.40. The zero-order valence-corrected chi connectivity index (χ0v) is 12.3. The molecule has 0 spiro atoms. The molecule has 2 fully saturated rings. The second kappa shape index (κ2) is 5.16. The molecule has 0 saturated heterocycles. The van der Waals surface area contributed by atoms with Gasteiger partial charge in [-0.25, -0.2) is 0 Å². The Morgan fingerprint density at radius 2 is 2.05 bits per heavy atom. The lowest BCUT2D eigenvalue weighted by Crippen LogP contribution is -2.30. The number of fused-ring (bicyclic) bond motifs is 3. The van der Waals surface area contributed by atoms with Crippen molar-refractivity contribution in [3.8, 4) is 0 Å². The molecular formula is C18H26N2. The van der Waals surface area contributed by atoms with Crippen molar-refractivity contribution in [1.82, 2.24) is 5.43 Å². The second-order valence-electron chi connectivity index (χ2n) is 7.27. The molecule has 2 nitrogen and oxygen atoms in total. The highest BCUT2D eigenvalue weighted by atomic mass is 15.2. The quantitative estimate of drug-likeness (QED) is 0.649. The van der Waals surface area contributed by atoms with Gasteiger partial charge in [-0.3, -0.25) is 11.3 Å². The van der Waals surface area contributed by atoms with Crippen LogP contribution < -0.4 is 11.3 Å². The maximum atomic E-state index is 5.88. The molecular weight excluding hydrogens is 244 g/mol. The molecule has 4 rings (SSSR count). The highest BCUT2D eigenvalue weighted by Crippen LogP contribution is 2.50. The fourth-order valence-corrected chi connectivity index (χ4v) is 5.08. The van der Waals surface area contributed by atoms with Crippen molar-refractivity contribution in [2.75, 3.05) is 0 Å². The van der Waals surface area contributed by atoms with E-state index in [-0.39, 0.29) is 0 Å². The first kappa shape index (κ1) is 12.8. The molecule has 1 aromatic carbocycles. The Kier molecular flexibility index (Phi) is 3.31. The van der Waals surface area contributed by atoms with Gasteiger partial charge in [-0.05, 0) is 79.4 Å². The van der Waals surface area contributed by atoms with Crippen molar-refractivity contribution in [2.45, 2.75) is 57.4 Å². The fourth-order valence-electron chi connectivity index (χ4n) is 5.08. The lowest BCUT2D eigenvalue weighted by atomic mass is 9.82. The number of hydrogen-bond acceptors (Lipinski definition) is 2. The zero-order valence-electron chi connectivity index (χ0n) is 12.3. The van der Waals surface area contributed by atoms with Crippen LogP contribution in [0.25, 0.3) is 0 Å². The van der Waals surface area contributed by atoms with E-state index in [0.29, 0.717) is 6.04 Å². The summed E-state index contributed by atoms with van der Waals surface area (Å²) < 4.78 is 0. The Morgan fingerprint density at radius 1 is 1.15 bits per heavy atom. The van der Waals surface area contributed by atoms with Crippen LogP contribution in [0, 0.1) is 17.8 Å². The Morgan fingerprint density at radius 3 is 2.80 bits per heavy atom. The van der Waals surface area contributed by atoms with Gasteiger partial charge in [-0.15, -0.1) is 0 Å². The molecule has 0 heterocycles. The number of aryl methyl sites for hydroxylation is 2. The largest absolute Gasteiger partial charge is 0.271 e. The van der Waals surface area contributed by atoms with Crippen LogP contribution in [0.5, 0.6) is 0 Å². The Labute approximate surface area is 122 Å². The van der Waals surface area contributed by atoms with Crippen LogP contribution >= 0.6 is 0 Å². The number of hydrogen-bond donors (Lipinski definition) is 2. The van der Waals surface area contributed by atoms with Crippen molar-refractivity contribution in [1.29, 1.82) is 0 Å². The van der Waals surface area contributed by atoms with Gasteiger partial charge in [0.05, 0.1) is 0 Å². The van der Waals surface area contributed by atoms with E-state index in [4.69, 9.17) is 5.84 Å². The van der Waals surface area contributed by atoms with Gasteiger partial charge in [-0.2, -0.15) is 0 Å². The molecule has 2 bridgehead atoms. The second-order valence-corrected chi connectivity index (χ2v) is 7.27. The van der Waals surface area contributed by atoms with E-state index in [1.807, 2.05) is 0 Å². The molecule has 20 heavy (non-hydrogen) atoms. The Hall–Kier alpha value is -0.860. The SMILES string of the molecule is NNC(CC1CC2CCC1C2)c1ccc2c(c1)CCC2. The van der Waals surface area contributed by atoms with Gasteiger partial charge in [0.2, 0.25) is 0 Å². The van der Waals surface area contributed by atoms with Gasteiger partial charge in [0.15, 0.2) is 0 Å². The van der Waals surface area contributed by atoms with Crippen LogP contribution in [0.1, 0.15) is 61.3 Å². The first-order valence-electron chi connectivity index (χ1n) is 8.41. The standard InChI is InChI=1S/C18H26N2/c19-20-18(11-17-9-12-4-5-15(17)8-12)16-7-6-13-2-1-3-14(13)10-16/h6-7,10,12,15,17-18,20H,1-5,8-9,11,19H2. The molecule has 0 radical (unpaired) electrons. The third-order valence-electron chi connectivity index (χ3n) is 6.15. The Bertz CT molecular complexity index is 496. The minimum absolute atomic E-state index is 0.352. The molecule has 4 atom stereocenters. The van der Waals surface area contributed by atoms with Crippen molar-refractivity contribution in [3.05, 3.63) is 34.9 Å². The van der Waals surface area contributed by atoms with Gasteiger partial charge in [0.25, 0.3) is 0 Å². The summed E-state index contributed by atoms with van der Waals surface area (Å²) in [5, 5.41) is 0. The van der Waals surface area contributed by atoms with E-state index in [1.54, 1.807) is 11.1 Å². The molecule has 0 aromatic heterocycles. The van der Waals surface area contributed by atoms with Crippen LogP contribution in [0.3, 0.4) is 0 Å². The van der Waals surface area contributed by atoms with Crippen LogP contribution in [0.2, 0.25) is 0 Å². The maximum absolute atomic E-state index is 5.88. The van der Waals surface area contributed by atoms with Crippen LogP contribution in [0.15, 0.2) is 18.2 Å². The molecule has 2 heteroatoms. The molecule has 0 amide bonds. The minimum atomic E-state index is 0.352. The van der Waals surface area contributed by atoms with E-state index >= 15 is 0 Å². The highest BCUT2D eigenvalue weighted by molar-refractivity contribution is 5.36. The third-order valence-corrected chi connectivity index (χ3v) is 6.15. The number of nitrogens with two attached hydrogens (primary N) is 1. The molecule has 108 valence electrons. The van der Waals surface area contributed by atoms with E-state index in [9.17, 15) is 0 Å². The molecule has 0 aliphatic heterocycles. The van der Waals surface area contributed by atoms with Crippen molar-refractivity contribution >= 4 is 0 Å². The van der Waals surface area contributed by atoms with E-state index in [0.717, 1.165) is 17.8 Å². The van der Waals surface area contributed by atoms with Crippen molar-refractivity contribution in [2.24, 2.45) is 23.6 Å². The number of benzene rings is 1. The lowest BCUT2D eigenvalue weighted by molar-refractivity contribution is 0.280. The first-order chi connectivity index (χ1) is 9.83. The minimum Gasteiger partial charge on any atom is -0.271 e. The van der Waals surface area contributed by atoms with E-state index in [2.05, 4.69) is 23.6 Å². The average molecular weight is 270 g/mol. The Balaban J connectivity index is 1.50. The third kappa shape index (κ3) is 2.19. The van der Waals surface area contributed by atoms with Crippen LogP contribution in [-0.4, -0.2) is 0 Å². The summed E-state index contributed by atoms with van der Waals surface area (Å²) in [6.07, 6.45) is 11.0. The number of rotatable bonds is 4. The average Bonchev–Trinajstić information content (AvgIpc) is 3.19. The fraction of sp³-hybridized carbons (Fsp3) is 0.667. The van der Waals surface area contributed by atoms with E-state index < -0.39 is 0 Å². The van der Waals surface area contributed by atoms with Gasteiger partial charge in [0, 0.05) is 6.04 Å². The van der Waals surface area contributed by atoms with Crippen molar-refractivity contribution in [3.63, 3.8) is 0 Å². The molecule has 3 N–H and O–H groups in total. The monoisotopic (exact) mass is 270 g/mol. The van der Waals surface area contributed by atoms with Gasteiger partial charge >= 0.3 is 0 Å². The number of nitrogens with one attached hydrogen (secondary N) is 1. The normalized spacial score (nSPS) is 32.5. The van der Waals surface area contributed by atoms with Gasteiger partial charge in [-0.1, -0.05) is 24.6 Å². The summed E-state index contributed by atoms with van der Waals surface area (Å²) in [6.45, 7) is 0. The van der Waals surface area contributed by atoms with Gasteiger partial charge in [0.1, 0.15) is 0 Å². The summed E-state index contributed by atoms with van der Waals surface area (Å²) in [4.78, 5) is 0. The lowest BCUT2D eigenvalue weighted by Gasteiger charge is -2.27. The predicted molar refractivity (Wildman–Crippen MR) is 82.1 cm³/mol. The van der Waals surface area contributed by atoms with Crippen molar-refractivity contribution < 1.29 is 0 Å². The summed E-state index contributed by atoms with van der Waals surface area (Å²) in [7, 11) is 0. The zero-order chi connectivity index (χ0) is 13.5. The number of hydrazine groups is 1. The molecule has 1 aromatic rings. The smallest absolute Gasteiger partial charge is 0.0462 e.